The summed E-state index contributed by atoms with van der Waals surface area (Å²) in [6.45, 7) is 4.46. The number of hydrogen-bond acceptors (Lipinski definition) is 3. The summed E-state index contributed by atoms with van der Waals surface area (Å²) in [4.78, 5) is 26.0. The summed E-state index contributed by atoms with van der Waals surface area (Å²) in [5, 5.41) is 3.68. The van der Waals surface area contributed by atoms with Gasteiger partial charge in [0.2, 0.25) is 5.91 Å². The molecule has 1 spiro atoms. The van der Waals surface area contributed by atoms with Crippen LogP contribution in [-0.4, -0.2) is 30.9 Å². The van der Waals surface area contributed by atoms with Crippen molar-refractivity contribution in [1.29, 1.82) is 0 Å². The van der Waals surface area contributed by atoms with Crippen molar-refractivity contribution < 1.29 is 14.3 Å². The quantitative estimate of drug-likeness (QED) is 0.852. The maximum atomic E-state index is 13.3. The van der Waals surface area contributed by atoms with Crippen LogP contribution >= 0.6 is 11.6 Å². The fraction of sp³-hybridized carbons (Fsp3) is 0.579. The van der Waals surface area contributed by atoms with Crippen LogP contribution in [0, 0.1) is 19.8 Å². The molecule has 2 fully saturated rings. The lowest BCUT2D eigenvalue weighted by molar-refractivity contribution is -0.126. The smallest absolute Gasteiger partial charge is 0.235 e. The molecule has 2 aliphatic rings. The van der Waals surface area contributed by atoms with E-state index in [1.54, 1.807) is 7.11 Å². The number of nitrogens with one attached hydrogen (secondary N) is 1. The van der Waals surface area contributed by atoms with Crippen LogP contribution in [0.5, 0.6) is 0 Å². The number of rotatable bonds is 3. The number of ether oxygens (including phenoxy) is 1. The highest BCUT2D eigenvalue weighted by Crippen LogP contribution is 2.42. The Balaban J connectivity index is 1.95. The Hall–Kier alpha value is -1.39. The minimum atomic E-state index is -0.721. The summed E-state index contributed by atoms with van der Waals surface area (Å²) in [6.07, 6.45) is 3.38. The van der Waals surface area contributed by atoms with E-state index >= 15 is 0 Å². The van der Waals surface area contributed by atoms with Crippen LogP contribution in [0.4, 0.5) is 0 Å². The van der Waals surface area contributed by atoms with Crippen molar-refractivity contribution in [2.75, 3.05) is 13.7 Å². The van der Waals surface area contributed by atoms with E-state index in [1.807, 2.05) is 26.0 Å². The first-order valence-corrected chi connectivity index (χ1v) is 8.87. The first-order chi connectivity index (χ1) is 11.4. The molecule has 0 radical (unpaired) electrons. The Morgan fingerprint density at radius 2 is 1.96 bits per heavy atom. The van der Waals surface area contributed by atoms with Crippen LogP contribution in [0.25, 0.3) is 0 Å². The number of ketones is 1. The highest BCUT2D eigenvalue weighted by atomic mass is 35.5. The number of carbonyl (C=O) groups excluding carboxylic acids is 2. The Morgan fingerprint density at radius 1 is 1.29 bits per heavy atom. The van der Waals surface area contributed by atoms with Crippen LogP contribution in [-0.2, 0) is 14.3 Å². The first-order valence-electron chi connectivity index (χ1n) is 8.50. The lowest BCUT2D eigenvalue weighted by Gasteiger charge is -2.36. The van der Waals surface area contributed by atoms with Crippen LogP contribution in [0.1, 0.15) is 48.3 Å². The lowest BCUT2D eigenvalue weighted by Crippen LogP contribution is -2.50. The molecule has 1 saturated carbocycles. The third-order valence-corrected chi connectivity index (χ3v) is 5.68. The summed E-state index contributed by atoms with van der Waals surface area (Å²) in [7, 11) is 1.68. The molecule has 130 valence electrons. The maximum absolute atomic E-state index is 13.3. The summed E-state index contributed by atoms with van der Waals surface area (Å²) < 4.78 is 5.27. The molecule has 24 heavy (non-hydrogen) atoms. The van der Waals surface area contributed by atoms with Gasteiger partial charge in [0.15, 0.2) is 5.78 Å². The molecule has 1 aromatic rings. The molecule has 0 bridgehead atoms. The Labute approximate surface area is 147 Å². The Kier molecular flexibility index (Phi) is 4.71. The zero-order valence-electron chi connectivity index (χ0n) is 14.4. The van der Waals surface area contributed by atoms with E-state index in [-0.39, 0.29) is 11.7 Å². The number of halogens is 1. The molecule has 1 aromatic carbocycles. The summed E-state index contributed by atoms with van der Waals surface area (Å²) in [5.41, 5.74) is 1.89. The second-order valence-electron chi connectivity index (χ2n) is 7.24. The molecule has 1 aliphatic heterocycles. The number of aryl methyl sites for hydroxylation is 2. The van der Waals surface area contributed by atoms with Crippen LogP contribution in [0.15, 0.2) is 12.1 Å². The number of Topliss-reactive ketones (excluding diaryl/α,β-unsaturated/α-hetero) is 1. The number of amides is 1. The van der Waals surface area contributed by atoms with Crippen molar-refractivity contribution in [1.82, 2.24) is 5.32 Å². The molecule has 4 nitrogen and oxygen atoms in total. The van der Waals surface area contributed by atoms with Gasteiger partial charge in [0, 0.05) is 18.7 Å². The first kappa shape index (κ1) is 17.4. The number of hydrogen-bond donors (Lipinski definition) is 1. The monoisotopic (exact) mass is 349 g/mol. The van der Waals surface area contributed by atoms with Gasteiger partial charge in [-0.05, 0) is 67.9 Å². The zero-order chi connectivity index (χ0) is 17.5. The van der Waals surface area contributed by atoms with Gasteiger partial charge in [-0.2, -0.15) is 0 Å². The fourth-order valence-electron chi connectivity index (χ4n) is 4.51. The highest BCUT2D eigenvalue weighted by molar-refractivity contribution is 6.30. The van der Waals surface area contributed by atoms with Gasteiger partial charge in [-0.3, -0.25) is 9.59 Å². The fourth-order valence-corrected chi connectivity index (χ4v) is 4.84. The van der Waals surface area contributed by atoms with Crippen molar-refractivity contribution in [2.24, 2.45) is 5.92 Å². The van der Waals surface area contributed by atoms with E-state index < -0.39 is 11.5 Å². The van der Waals surface area contributed by atoms with Crippen LogP contribution < -0.4 is 5.32 Å². The maximum Gasteiger partial charge on any atom is 0.235 e. The van der Waals surface area contributed by atoms with Gasteiger partial charge in [-0.15, -0.1) is 0 Å². The minimum Gasteiger partial charge on any atom is -0.384 e. The average Bonchev–Trinajstić information content (AvgIpc) is 2.71. The van der Waals surface area contributed by atoms with E-state index in [1.165, 1.54) is 0 Å². The molecule has 0 aromatic heterocycles. The summed E-state index contributed by atoms with van der Waals surface area (Å²) in [5.74, 6) is -0.559. The van der Waals surface area contributed by atoms with E-state index in [0.29, 0.717) is 24.0 Å². The lowest BCUT2D eigenvalue weighted by atomic mass is 9.72. The molecule has 1 saturated heterocycles. The standard InChI is InChI=1S/C19H24ClNO3/c1-11-7-14(20)8-12(2)15(11)16-17(22)19(21-18(16)23)6-4-5-13(9-19)10-24-3/h7-8,13,16H,4-6,9-10H2,1-3H3,(H,21,23). The molecular formula is C19H24ClNO3. The topological polar surface area (TPSA) is 55.4 Å². The van der Waals surface area contributed by atoms with Crippen molar-refractivity contribution in [3.05, 3.63) is 33.8 Å². The van der Waals surface area contributed by atoms with E-state index in [4.69, 9.17) is 16.3 Å². The van der Waals surface area contributed by atoms with E-state index in [9.17, 15) is 9.59 Å². The van der Waals surface area contributed by atoms with Gasteiger partial charge in [0.25, 0.3) is 0 Å². The van der Waals surface area contributed by atoms with Crippen LogP contribution in [0.3, 0.4) is 0 Å². The highest BCUT2D eigenvalue weighted by Gasteiger charge is 2.55. The number of benzene rings is 1. The normalized spacial score (nSPS) is 30.0. The molecule has 1 aliphatic carbocycles. The molecular weight excluding hydrogens is 326 g/mol. The van der Waals surface area contributed by atoms with Gasteiger partial charge in [0.05, 0.1) is 0 Å². The van der Waals surface area contributed by atoms with Gasteiger partial charge in [-0.1, -0.05) is 18.0 Å². The van der Waals surface area contributed by atoms with Gasteiger partial charge >= 0.3 is 0 Å². The molecule has 5 heteroatoms. The average molecular weight is 350 g/mol. The summed E-state index contributed by atoms with van der Waals surface area (Å²) in [6, 6.07) is 3.65. The van der Waals surface area contributed by atoms with E-state index in [2.05, 4.69) is 5.32 Å². The largest absolute Gasteiger partial charge is 0.384 e. The van der Waals surface area contributed by atoms with Crippen molar-refractivity contribution in [3.63, 3.8) is 0 Å². The number of methoxy groups -OCH3 is 1. The van der Waals surface area contributed by atoms with Gasteiger partial charge in [-0.25, -0.2) is 0 Å². The predicted octanol–water partition coefficient (Wildman–Crippen LogP) is 3.31. The second kappa shape index (κ2) is 6.49. The SMILES string of the molecule is COCC1CCCC2(C1)NC(=O)C(c1c(C)cc(Cl)cc1C)C2=O. The molecule has 1 amide bonds. The summed E-state index contributed by atoms with van der Waals surface area (Å²) >= 11 is 6.10. The Bertz CT molecular complexity index is 662. The molecule has 3 atom stereocenters. The van der Waals surface area contributed by atoms with E-state index in [0.717, 1.165) is 36.0 Å². The van der Waals surface area contributed by atoms with Gasteiger partial charge < -0.3 is 10.1 Å². The number of carbonyl (C=O) groups is 2. The van der Waals surface area contributed by atoms with Crippen molar-refractivity contribution in [2.45, 2.75) is 51.0 Å². The third kappa shape index (κ3) is 2.86. The molecule has 3 unspecified atom stereocenters. The van der Waals surface area contributed by atoms with Crippen molar-refractivity contribution >= 4 is 23.3 Å². The predicted molar refractivity (Wildman–Crippen MR) is 93.4 cm³/mol. The molecule has 1 heterocycles. The third-order valence-electron chi connectivity index (χ3n) is 5.46. The second-order valence-corrected chi connectivity index (χ2v) is 7.68. The van der Waals surface area contributed by atoms with Crippen molar-refractivity contribution in [3.8, 4) is 0 Å². The zero-order valence-corrected chi connectivity index (χ0v) is 15.2. The minimum absolute atomic E-state index is 0.0156. The Morgan fingerprint density at radius 3 is 2.58 bits per heavy atom. The van der Waals surface area contributed by atoms with Gasteiger partial charge in [0.1, 0.15) is 11.5 Å². The molecule has 3 rings (SSSR count). The molecule has 1 N–H and O–H groups in total. The van der Waals surface area contributed by atoms with Crippen LogP contribution in [0.2, 0.25) is 5.02 Å².